The minimum atomic E-state index is 0.385. The summed E-state index contributed by atoms with van der Waals surface area (Å²) in [7, 11) is 3.96. The summed E-state index contributed by atoms with van der Waals surface area (Å²) in [5.74, 6) is 1.83. The van der Waals surface area contributed by atoms with Crippen LogP contribution in [0.4, 0.5) is 11.6 Å². The van der Waals surface area contributed by atoms with Crippen molar-refractivity contribution in [3.05, 3.63) is 12.4 Å². The molecule has 17 heavy (non-hydrogen) atoms. The van der Waals surface area contributed by atoms with Crippen LogP contribution in [0.2, 0.25) is 0 Å². The quantitative estimate of drug-likeness (QED) is 0.824. The lowest BCUT2D eigenvalue weighted by Crippen LogP contribution is -2.33. The Hall–Kier alpha value is -1.36. The number of nitrogens with two attached hydrogens (primary N) is 1. The van der Waals surface area contributed by atoms with Gasteiger partial charge in [-0.25, -0.2) is 9.97 Å². The van der Waals surface area contributed by atoms with Gasteiger partial charge in [0.1, 0.15) is 18.0 Å². The largest absolute Gasteiger partial charge is 0.367 e. The Morgan fingerprint density at radius 3 is 2.59 bits per heavy atom. The van der Waals surface area contributed by atoms with Gasteiger partial charge in [-0.1, -0.05) is 0 Å². The monoisotopic (exact) mass is 235 g/mol. The van der Waals surface area contributed by atoms with Gasteiger partial charge in [-0.3, -0.25) is 0 Å². The molecule has 0 bridgehead atoms. The Morgan fingerprint density at radius 2 is 1.94 bits per heavy atom. The zero-order chi connectivity index (χ0) is 12.3. The Bertz CT molecular complexity index is 358. The smallest absolute Gasteiger partial charge is 0.133 e. The van der Waals surface area contributed by atoms with Gasteiger partial charge in [0, 0.05) is 32.2 Å². The summed E-state index contributed by atoms with van der Waals surface area (Å²) in [6.45, 7) is 0. The average Bonchev–Trinajstić information content (AvgIpc) is 2.32. The molecule has 1 aromatic heterocycles. The fourth-order valence-electron chi connectivity index (χ4n) is 2.14. The van der Waals surface area contributed by atoms with Crippen LogP contribution in [-0.2, 0) is 0 Å². The van der Waals surface area contributed by atoms with Crippen molar-refractivity contribution < 1.29 is 0 Å². The highest BCUT2D eigenvalue weighted by molar-refractivity contribution is 5.47. The van der Waals surface area contributed by atoms with Gasteiger partial charge in [0.15, 0.2) is 0 Å². The Morgan fingerprint density at radius 1 is 1.24 bits per heavy atom. The molecule has 1 aliphatic rings. The topological polar surface area (TPSA) is 67.1 Å². The first-order valence-corrected chi connectivity index (χ1v) is 6.16. The van der Waals surface area contributed by atoms with Crippen molar-refractivity contribution in [2.45, 2.75) is 37.8 Å². The number of hydrogen-bond donors (Lipinski definition) is 2. The summed E-state index contributed by atoms with van der Waals surface area (Å²) >= 11 is 0. The second-order valence-electron chi connectivity index (χ2n) is 4.91. The molecule has 3 N–H and O–H groups in total. The van der Waals surface area contributed by atoms with Crippen LogP contribution in [0, 0.1) is 0 Å². The maximum Gasteiger partial charge on any atom is 0.133 e. The summed E-state index contributed by atoms with van der Waals surface area (Å²) in [5.41, 5.74) is 5.89. The maximum atomic E-state index is 5.89. The van der Waals surface area contributed by atoms with Crippen LogP contribution in [0.15, 0.2) is 12.4 Å². The average molecular weight is 235 g/mol. The zero-order valence-corrected chi connectivity index (χ0v) is 10.6. The Balaban J connectivity index is 1.96. The lowest BCUT2D eigenvalue weighted by molar-refractivity contribution is 0.410. The third-order valence-corrected chi connectivity index (χ3v) is 3.23. The minimum absolute atomic E-state index is 0.385. The van der Waals surface area contributed by atoms with E-state index in [0.717, 1.165) is 37.3 Å². The molecule has 0 aromatic carbocycles. The van der Waals surface area contributed by atoms with Crippen LogP contribution in [0.25, 0.3) is 0 Å². The second-order valence-corrected chi connectivity index (χ2v) is 4.91. The summed E-state index contributed by atoms with van der Waals surface area (Å²) in [6, 6.07) is 2.87. The van der Waals surface area contributed by atoms with Gasteiger partial charge in [-0.2, -0.15) is 0 Å². The molecule has 1 fully saturated rings. The van der Waals surface area contributed by atoms with E-state index in [2.05, 4.69) is 15.3 Å². The van der Waals surface area contributed by atoms with Crippen LogP contribution in [-0.4, -0.2) is 36.1 Å². The predicted octanol–water partition coefficient (Wildman–Crippen LogP) is 1.22. The highest BCUT2D eigenvalue weighted by Gasteiger charge is 2.18. The van der Waals surface area contributed by atoms with Gasteiger partial charge < -0.3 is 16.0 Å². The van der Waals surface area contributed by atoms with Gasteiger partial charge in [-0.05, 0) is 25.7 Å². The Kier molecular flexibility index (Phi) is 3.78. The highest BCUT2D eigenvalue weighted by Crippen LogP contribution is 2.21. The number of nitrogens with one attached hydrogen (secondary N) is 1. The van der Waals surface area contributed by atoms with E-state index in [4.69, 9.17) is 5.73 Å². The van der Waals surface area contributed by atoms with Crippen molar-refractivity contribution in [1.29, 1.82) is 0 Å². The van der Waals surface area contributed by atoms with Crippen LogP contribution >= 0.6 is 0 Å². The molecule has 0 unspecified atom stereocenters. The predicted molar refractivity (Wildman–Crippen MR) is 70.2 cm³/mol. The molecule has 0 spiro atoms. The minimum Gasteiger partial charge on any atom is -0.367 e. The molecule has 1 heterocycles. The molecule has 2 rings (SSSR count). The molecule has 5 nitrogen and oxygen atoms in total. The van der Waals surface area contributed by atoms with E-state index in [0.29, 0.717) is 12.1 Å². The van der Waals surface area contributed by atoms with Gasteiger partial charge in [0.25, 0.3) is 0 Å². The molecule has 0 amide bonds. The van der Waals surface area contributed by atoms with Gasteiger partial charge in [0.05, 0.1) is 0 Å². The lowest BCUT2D eigenvalue weighted by atomic mass is 9.92. The molecular formula is C12H21N5. The number of rotatable bonds is 3. The third kappa shape index (κ3) is 3.30. The van der Waals surface area contributed by atoms with Crippen molar-refractivity contribution in [1.82, 2.24) is 9.97 Å². The van der Waals surface area contributed by atoms with Crippen molar-refractivity contribution >= 4 is 11.6 Å². The first-order valence-electron chi connectivity index (χ1n) is 6.16. The van der Waals surface area contributed by atoms with E-state index in [9.17, 15) is 0 Å². The molecule has 0 atom stereocenters. The second kappa shape index (κ2) is 5.31. The first kappa shape index (κ1) is 12.1. The van der Waals surface area contributed by atoms with Gasteiger partial charge in [0.2, 0.25) is 0 Å². The summed E-state index contributed by atoms with van der Waals surface area (Å²) in [5, 5.41) is 3.46. The van der Waals surface area contributed by atoms with E-state index in [1.165, 1.54) is 0 Å². The molecule has 0 radical (unpaired) electrons. The molecule has 1 saturated carbocycles. The summed E-state index contributed by atoms with van der Waals surface area (Å²) < 4.78 is 0. The SMILES string of the molecule is CN(C)c1cc(NC2CCC(N)CC2)ncn1. The Labute approximate surface area is 102 Å². The fraction of sp³-hybridized carbons (Fsp3) is 0.667. The highest BCUT2D eigenvalue weighted by atomic mass is 15.2. The molecule has 1 aliphatic carbocycles. The molecule has 5 heteroatoms. The maximum absolute atomic E-state index is 5.89. The number of anilines is 2. The molecular weight excluding hydrogens is 214 g/mol. The number of aromatic nitrogens is 2. The van der Waals surface area contributed by atoms with Crippen molar-refractivity contribution in [3.8, 4) is 0 Å². The summed E-state index contributed by atoms with van der Waals surface area (Å²) in [4.78, 5) is 10.4. The third-order valence-electron chi connectivity index (χ3n) is 3.23. The van der Waals surface area contributed by atoms with Gasteiger partial charge >= 0.3 is 0 Å². The van der Waals surface area contributed by atoms with Crippen LogP contribution < -0.4 is 16.0 Å². The van der Waals surface area contributed by atoms with Crippen molar-refractivity contribution in [2.24, 2.45) is 5.73 Å². The van der Waals surface area contributed by atoms with Crippen molar-refractivity contribution in [2.75, 3.05) is 24.3 Å². The molecule has 94 valence electrons. The van der Waals surface area contributed by atoms with Crippen LogP contribution in [0.3, 0.4) is 0 Å². The van der Waals surface area contributed by atoms with E-state index in [1.54, 1.807) is 6.33 Å². The number of nitrogens with zero attached hydrogens (tertiary/aromatic N) is 3. The van der Waals surface area contributed by atoms with E-state index >= 15 is 0 Å². The zero-order valence-electron chi connectivity index (χ0n) is 10.6. The van der Waals surface area contributed by atoms with E-state index in [-0.39, 0.29) is 0 Å². The lowest BCUT2D eigenvalue weighted by Gasteiger charge is -2.27. The molecule has 0 aliphatic heterocycles. The summed E-state index contributed by atoms with van der Waals surface area (Å²) in [6.07, 6.45) is 6.06. The number of hydrogen-bond acceptors (Lipinski definition) is 5. The van der Waals surface area contributed by atoms with Crippen molar-refractivity contribution in [3.63, 3.8) is 0 Å². The fourth-order valence-corrected chi connectivity index (χ4v) is 2.14. The van der Waals surface area contributed by atoms with E-state index in [1.807, 2.05) is 25.1 Å². The normalized spacial score (nSPS) is 24.4. The molecule has 1 aromatic rings. The molecule has 0 saturated heterocycles. The van der Waals surface area contributed by atoms with Crippen LogP contribution in [0.5, 0.6) is 0 Å². The first-order chi connectivity index (χ1) is 8.15. The standard InChI is InChI=1S/C12H21N5/c1-17(2)12-7-11(14-8-15-12)16-10-5-3-9(13)4-6-10/h7-10H,3-6,13H2,1-2H3,(H,14,15,16). The van der Waals surface area contributed by atoms with Crippen LogP contribution in [0.1, 0.15) is 25.7 Å². The van der Waals surface area contributed by atoms with Gasteiger partial charge in [-0.15, -0.1) is 0 Å². The van der Waals surface area contributed by atoms with E-state index < -0.39 is 0 Å².